The molecule has 0 radical (unpaired) electrons. The first kappa shape index (κ1) is 7.44. The molecule has 0 aliphatic carbocycles. The average molecular weight is 124 g/mol. The zero-order valence-electron chi connectivity index (χ0n) is 5.35. The molecule has 8 heavy (non-hydrogen) atoms. The minimum atomic E-state index is 0.0556. The molecule has 0 nitrogen and oxygen atoms in total. The molecule has 0 bridgehead atoms. The lowest BCUT2D eigenvalue weighted by molar-refractivity contribution is 1.11. The van der Waals surface area contributed by atoms with Gasteiger partial charge < -0.3 is 0 Å². The van der Waals surface area contributed by atoms with Gasteiger partial charge in [-0.2, -0.15) is 0 Å². The summed E-state index contributed by atoms with van der Waals surface area (Å²) < 4.78 is 0. The van der Waals surface area contributed by atoms with Gasteiger partial charge in [0, 0.05) is 15.3 Å². The van der Waals surface area contributed by atoms with Crippen LogP contribution in [0.2, 0.25) is 5.04 Å². The van der Waals surface area contributed by atoms with E-state index in [9.17, 15) is 0 Å². The maximum Gasteiger partial charge on any atom is 0.0250 e. The highest BCUT2D eigenvalue weighted by molar-refractivity contribution is 6.19. The molecule has 0 atom stereocenters. The highest BCUT2D eigenvalue weighted by Gasteiger charge is 2.07. The molecular weight excluding hydrogens is 112 g/mol. The summed E-state index contributed by atoms with van der Waals surface area (Å²) >= 11 is 0. The second-order valence-corrected chi connectivity index (χ2v) is 3.71. The van der Waals surface area contributed by atoms with Crippen molar-refractivity contribution in [2.45, 2.75) is 5.04 Å². The molecule has 0 aromatic carbocycles. The van der Waals surface area contributed by atoms with Crippen LogP contribution < -0.4 is 0 Å². The number of allylic oxidation sites excluding steroid dienone is 3. The molecule has 0 amide bonds. The van der Waals surface area contributed by atoms with Crippen molar-refractivity contribution >= 4 is 10.2 Å². The van der Waals surface area contributed by atoms with E-state index < -0.39 is 0 Å². The van der Waals surface area contributed by atoms with Gasteiger partial charge >= 0.3 is 0 Å². The Morgan fingerprint density at radius 2 is 1.25 bits per heavy atom. The minimum absolute atomic E-state index is 0.0556. The molecule has 0 heterocycles. The van der Waals surface area contributed by atoms with Crippen molar-refractivity contribution in [2.75, 3.05) is 0 Å². The molecule has 0 rings (SSSR count). The van der Waals surface area contributed by atoms with Crippen LogP contribution in [0.15, 0.2) is 38.0 Å². The van der Waals surface area contributed by atoms with Crippen LogP contribution in [-0.4, -0.2) is 10.2 Å². The van der Waals surface area contributed by atoms with Crippen molar-refractivity contribution in [3.8, 4) is 0 Å². The van der Waals surface area contributed by atoms with Crippen LogP contribution in [0.1, 0.15) is 0 Å². The summed E-state index contributed by atoms with van der Waals surface area (Å²) in [6, 6.07) is 0. The molecule has 1 heteroatoms. The molecule has 0 fully saturated rings. The van der Waals surface area contributed by atoms with Crippen LogP contribution in [0.3, 0.4) is 0 Å². The van der Waals surface area contributed by atoms with Crippen LogP contribution in [0.5, 0.6) is 0 Å². The second kappa shape index (κ2) is 2.67. The lowest BCUT2D eigenvalue weighted by atomic mass is 10.1. The molecule has 0 aliphatic rings. The molecule has 0 unspecified atom stereocenters. The molecule has 0 aliphatic heterocycles. The zero-order chi connectivity index (χ0) is 6.62. The quantitative estimate of drug-likeness (QED) is 0.390. The molecule has 0 saturated carbocycles. The maximum absolute atomic E-state index is 3.67. The first-order chi connectivity index (χ1) is 3.68. The average Bonchev–Trinajstić information content (AvgIpc) is 1.87. The summed E-state index contributed by atoms with van der Waals surface area (Å²) in [5.74, 6) is 0. The van der Waals surface area contributed by atoms with Gasteiger partial charge in [0.1, 0.15) is 0 Å². The predicted molar refractivity (Wildman–Crippen MR) is 43.2 cm³/mol. The molecule has 44 valence electrons. The largest absolute Gasteiger partial charge is 0.102 e. The highest BCUT2D eigenvalue weighted by Crippen LogP contribution is 2.23. The molecule has 0 aromatic rings. The fraction of sp³-hybridized carbons (Fsp3) is 0.143. The van der Waals surface area contributed by atoms with Gasteiger partial charge in [-0.1, -0.05) is 18.2 Å². The van der Waals surface area contributed by atoms with E-state index >= 15 is 0 Å². The van der Waals surface area contributed by atoms with Crippen molar-refractivity contribution in [1.29, 1.82) is 0 Å². The lowest BCUT2D eigenvalue weighted by Gasteiger charge is -2.13. The standard InChI is InChI=1S/C7H12Si/c1-4-7(8,5-2)6-3/h4-6H,1-3H2,8H3. The van der Waals surface area contributed by atoms with Crippen LogP contribution in [0.25, 0.3) is 0 Å². The SMILES string of the molecule is C=CC([SiH3])(C=C)C=C. The van der Waals surface area contributed by atoms with Gasteiger partial charge in [-0.05, 0) is 0 Å². The Hall–Kier alpha value is -0.563. The number of hydrogen-bond donors (Lipinski definition) is 0. The summed E-state index contributed by atoms with van der Waals surface area (Å²) in [5, 5.41) is 0.0556. The van der Waals surface area contributed by atoms with E-state index in [0.29, 0.717) is 0 Å². The third-order valence-corrected chi connectivity index (χ3v) is 2.54. The van der Waals surface area contributed by atoms with E-state index in [-0.39, 0.29) is 5.04 Å². The Morgan fingerprint density at radius 1 is 1.00 bits per heavy atom. The van der Waals surface area contributed by atoms with Gasteiger partial charge in [0.05, 0.1) is 0 Å². The molecule has 0 saturated heterocycles. The van der Waals surface area contributed by atoms with Gasteiger partial charge in [0.15, 0.2) is 0 Å². The van der Waals surface area contributed by atoms with Crippen molar-refractivity contribution in [2.24, 2.45) is 0 Å². The van der Waals surface area contributed by atoms with Crippen molar-refractivity contribution < 1.29 is 0 Å². The summed E-state index contributed by atoms with van der Waals surface area (Å²) in [6.07, 6.45) is 5.62. The summed E-state index contributed by atoms with van der Waals surface area (Å²) in [7, 11) is 1.02. The van der Waals surface area contributed by atoms with E-state index in [1.165, 1.54) is 0 Å². The van der Waals surface area contributed by atoms with Gasteiger partial charge in [0.25, 0.3) is 0 Å². The summed E-state index contributed by atoms with van der Waals surface area (Å²) in [5.41, 5.74) is 0. The van der Waals surface area contributed by atoms with Crippen LogP contribution in [0, 0.1) is 0 Å². The van der Waals surface area contributed by atoms with E-state index in [1.807, 2.05) is 18.2 Å². The van der Waals surface area contributed by atoms with Crippen molar-refractivity contribution in [3.63, 3.8) is 0 Å². The Balaban J connectivity index is 4.18. The molecule has 0 aromatic heterocycles. The van der Waals surface area contributed by atoms with E-state index in [2.05, 4.69) is 19.7 Å². The van der Waals surface area contributed by atoms with Gasteiger partial charge in [-0.25, -0.2) is 0 Å². The summed E-state index contributed by atoms with van der Waals surface area (Å²) in [4.78, 5) is 0. The Morgan fingerprint density at radius 3 is 1.25 bits per heavy atom. The highest BCUT2D eigenvalue weighted by atomic mass is 28.1. The van der Waals surface area contributed by atoms with E-state index in [0.717, 1.165) is 10.2 Å². The molecule has 0 spiro atoms. The fourth-order valence-electron chi connectivity index (χ4n) is 0.250. The van der Waals surface area contributed by atoms with Gasteiger partial charge in [-0.3, -0.25) is 0 Å². The first-order valence-corrected chi connectivity index (χ1v) is 3.59. The Bertz CT molecular complexity index is 91.8. The minimum Gasteiger partial charge on any atom is -0.102 e. The zero-order valence-corrected chi connectivity index (χ0v) is 7.35. The lowest BCUT2D eigenvalue weighted by Crippen LogP contribution is -1.98. The third kappa shape index (κ3) is 1.50. The molecule has 0 N–H and O–H groups in total. The number of hydrogen-bond acceptors (Lipinski definition) is 0. The fourth-order valence-corrected chi connectivity index (χ4v) is 0.250. The van der Waals surface area contributed by atoms with Crippen molar-refractivity contribution in [1.82, 2.24) is 0 Å². The van der Waals surface area contributed by atoms with Crippen LogP contribution in [-0.2, 0) is 0 Å². The smallest absolute Gasteiger partial charge is 0.0250 e. The summed E-state index contributed by atoms with van der Waals surface area (Å²) in [6.45, 7) is 11.0. The second-order valence-electron chi connectivity index (χ2n) is 1.98. The van der Waals surface area contributed by atoms with Crippen LogP contribution in [0.4, 0.5) is 0 Å². The van der Waals surface area contributed by atoms with Crippen molar-refractivity contribution in [3.05, 3.63) is 38.0 Å². The monoisotopic (exact) mass is 124 g/mol. The third-order valence-electron chi connectivity index (χ3n) is 1.32. The Kier molecular flexibility index (Phi) is 2.48. The van der Waals surface area contributed by atoms with Crippen LogP contribution >= 0.6 is 0 Å². The van der Waals surface area contributed by atoms with Gasteiger partial charge in [0.2, 0.25) is 0 Å². The first-order valence-electron chi connectivity index (χ1n) is 2.59. The van der Waals surface area contributed by atoms with Gasteiger partial charge in [-0.15, -0.1) is 19.7 Å². The van der Waals surface area contributed by atoms with E-state index in [4.69, 9.17) is 0 Å². The van der Waals surface area contributed by atoms with E-state index in [1.54, 1.807) is 0 Å². The Labute approximate surface area is 54.0 Å². The topological polar surface area (TPSA) is 0 Å². The molecular formula is C7H12Si. The number of rotatable bonds is 3. The predicted octanol–water partition coefficient (Wildman–Crippen LogP) is 1.07. The normalized spacial score (nSPS) is 10.5. The maximum atomic E-state index is 3.67.